The maximum atomic E-state index is 13.6. The molecule has 3 aromatic carbocycles. The molecule has 2 aliphatic heterocycles. The summed E-state index contributed by atoms with van der Waals surface area (Å²) >= 11 is 15.6. The third-order valence-corrected chi connectivity index (χ3v) is 6.71. The summed E-state index contributed by atoms with van der Waals surface area (Å²) < 4.78 is 0.875. The summed E-state index contributed by atoms with van der Waals surface area (Å²) in [6.45, 7) is 0. The fourth-order valence-corrected chi connectivity index (χ4v) is 4.83. The van der Waals surface area contributed by atoms with Gasteiger partial charge in [-0.05, 0) is 48.0 Å². The standard InChI is InChI=1S/C23H15BrCl2N2O3/c24-14-6-4-5-13(11-14)20-19-21(31-28(20)15-7-2-1-3-8-15)23(30)27(22(19)29)16-9-10-17(25)18(26)12-16/h1-12,19-21H/t19-,20-,21+/m0/s1. The van der Waals surface area contributed by atoms with Crippen molar-refractivity contribution in [2.75, 3.05) is 9.96 Å². The van der Waals surface area contributed by atoms with E-state index in [0.717, 1.165) is 20.6 Å². The van der Waals surface area contributed by atoms with Crippen LogP contribution in [-0.2, 0) is 14.4 Å². The first-order valence-electron chi connectivity index (χ1n) is 9.55. The van der Waals surface area contributed by atoms with Gasteiger partial charge in [0.05, 0.1) is 27.5 Å². The quantitative estimate of drug-likeness (QED) is 0.411. The maximum Gasteiger partial charge on any atom is 0.266 e. The van der Waals surface area contributed by atoms with E-state index in [1.807, 2.05) is 54.6 Å². The molecule has 2 heterocycles. The fraction of sp³-hybridized carbons (Fsp3) is 0.130. The number of imide groups is 1. The number of rotatable bonds is 3. The van der Waals surface area contributed by atoms with Crippen LogP contribution in [0.25, 0.3) is 0 Å². The second-order valence-electron chi connectivity index (χ2n) is 7.32. The van der Waals surface area contributed by atoms with Gasteiger partial charge in [0.2, 0.25) is 5.91 Å². The molecule has 3 atom stereocenters. The Hall–Kier alpha value is -2.38. The Kier molecular flexibility index (Phi) is 5.26. The molecule has 0 spiro atoms. The summed E-state index contributed by atoms with van der Waals surface area (Å²) in [7, 11) is 0. The molecule has 2 amide bonds. The van der Waals surface area contributed by atoms with E-state index in [1.165, 1.54) is 6.07 Å². The zero-order valence-electron chi connectivity index (χ0n) is 15.9. The molecule has 0 N–H and O–H groups in total. The van der Waals surface area contributed by atoms with Crippen molar-refractivity contribution in [3.8, 4) is 0 Å². The Bertz CT molecular complexity index is 1190. The van der Waals surface area contributed by atoms with Gasteiger partial charge in [0.15, 0.2) is 6.10 Å². The highest BCUT2D eigenvalue weighted by molar-refractivity contribution is 9.10. The molecule has 0 saturated carbocycles. The molecule has 5 nitrogen and oxygen atoms in total. The van der Waals surface area contributed by atoms with E-state index >= 15 is 0 Å². The summed E-state index contributed by atoms with van der Waals surface area (Å²) in [6.07, 6.45) is -0.939. The first-order valence-corrected chi connectivity index (χ1v) is 11.1. The van der Waals surface area contributed by atoms with Gasteiger partial charge in [-0.25, -0.2) is 9.96 Å². The van der Waals surface area contributed by atoms with Gasteiger partial charge in [0.1, 0.15) is 5.92 Å². The molecular formula is C23H15BrCl2N2O3. The van der Waals surface area contributed by atoms with Crippen molar-refractivity contribution in [1.29, 1.82) is 0 Å². The van der Waals surface area contributed by atoms with Gasteiger partial charge in [-0.15, -0.1) is 0 Å². The maximum absolute atomic E-state index is 13.6. The van der Waals surface area contributed by atoms with Gasteiger partial charge in [-0.2, -0.15) is 0 Å². The van der Waals surface area contributed by atoms with Gasteiger partial charge in [-0.3, -0.25) is 14.4 Å². The zero-order valence-corrected chi connectivity index (χ0v) is 19.0. The van der Waals surface area contributed by atoms with Crippen LogP contribution < -0.4 is 9.96 Å². The molecule has 0 radical (unpaired) electrons. The lowest BCUT2D eigenvalue weighted by Crippen LogP contribution is -2.37. The second kappa shape index (κ2) is 7.95. The van der Waals surface area contributed by atoms with E-state index in [4.69, 9.17) is 28.0 Å². The third kappa shape index (κ3) is 3.44. The van der Waals surface area contributed by atoms with Crippen LogP contribution in [0.3, 0.4) is 0 Å². The van der Waals surface area contributed by atoms with Crippen molar-refractivity contribution in [3.05, 3.63) is 92.9 Å². The number of halogens is 3. The van der Waals surface area contributed by atoms with Gasteiger partial charge in [-0.1, -0.05) is 69.5 Å². The lowest BCUT2D eigenvalue weighted by molar-refractivity contribution is -0.126. The number of carbonyl (C=O) groups is 2. The summed E-state index contributed by atoms with van der Waals surface area (Å²) in [4.78, 5) is 34.1. The van der Waals surface area contributed by atoms with Crippen molar-refractivity contribution in [3.63, 3.8) is 0 Å². The van der Waals surface area contributed by atoms with Crippen LogP contribution in [0, 0.1) is 5.92 Å². The van der Waals surface area contributed by atoms with E-state index in [-0.39, 0.29) is 10.9 Å². The van der Waals surface area contributed by atoms with E-state index < -0.39 is 24.0 Å². The number of carbonyl (C=O) groups excluding carboxylic acids is 2. The largest absolute Gasteiger partial charge is 0.273 e. The molecule has 2 saturated heterocycles. The van der Waals surface area contributed by atoms with Crippen LogP contribution in [0.4, 0.5) is 11.4 Å². The van der Waals surface area contributed by atoms with Crippen molar-refractivity contribution in [1.82, 2.24) is 0 Å². The van der Waals surface area contributed by atoms with Crippen molar-refractivity contribution in [2.45, 2.75) is 12.1 Å². The van der Waals surface area contributed by atoms with Crippen molar-refractivity contribution < 1.29 is 14.4 Å². The number of benzene rings is 3. The Morgan fingerprint density at radius 1 is 0.806 bits per heavy atom. The number of hydrogen-bond donors (Lipinski definition) is 0. The average Bonchev–Trinajstić information content (AvgIpc) is 3.27. The molecule has 8 heteroatoms. The number of hydrogen-bond acceptors (Lipinski definition) is 4. The molecular weight excluding hydrogens is 503 g/mol. The highest BCUT2D eigenvalue weighted by Gasteiger charge is 2.60. The topological polar surface area (TPSA) is 49.9 Å². The summed E-state index contributed by atoms with van der Waals surface area (Å²) in [6, 6.07) is 21.3. The predicted octanol–water partition coefficient (Wildman–Crippen LogP) is 5.81. The first kappa shape index (κ1) is 20.5. The first-order chi connectivity index (χ1) is 15.0. The summed E-state index contributed by atoms with van der Waals surface area (Å²) in [5.41, 5.74) is 2.01. The molecule has 2 fully saturated rings. The molecule has 0 aliphatic carbocycles. The molecule has 0 bridgehead atoms. The Balaban J connectivity index is 1.59. The summed E-state index contributed by atoms with van der Waals surface area (Å²) in [5, 5.41) is 2.29. The van der Waals surface area contributed by atoms with Crippen molar-refractivity contribution >= 4 is 62.3 Å². The molecule has 0 unspecified atom stereocenters. The smallest absolute Gasteiger partial charge is 0.266 e. The van der Waals surface area contributed by atoms with Crippen LogP contribution in [-0.4, -0.2) is 17.9 Å². The van der Waals surface area contributed by atoms with E-state index in [9.17, 15) is 9.59 Å². The third-order valence-electron chi connectivity index (χ3n) is 5.48. The number of para-hydroxylation sites is 1. The van der Waals surface area contributed by atoms with Crippen molar-refractivity contribution in [2.24, 2.45) is 5.92 Å². The van der Waals surface area contributed by atoms with E-state index in [2.05, 4.69) is 15.9 Å². The SMILES string of the molecule is O=C1[C@@H]2[C@@H](ON(c3ccccc3)[C@H]2c2cccc(Br)c2)C(=O)N1c1ccc(Cl)c(Cl)c1. The van der Waals surface area contributed by atoms with Crippen LogP contribution in [0.5, 0.6) is 0 Å². The molecule has 3 aromatic rings. The molecule has 0 aromatic heterocycles. The molecule has 5 rings (SSSR count). The van der Waals surface area contributed by atoms with Crippen LogP contribution >= 0.6 is 39.1 Å². The van der Waals surface area contributed by atoms with E-state index in [0.29, 0.717) is 10.7 Å². The van der Waals surface area contributed by atoms with Gasteiger partial charge >= 0.3 is 0 Å². The minimum atomic E-state index is -0.939. The molecule has 156 valence electrons. The minimum Gasteiger partial charge on any atom is -0.273 e. The average molecular weight is 518 g/mol. The van der Waals surface area contributed by atoms with E-state index in [1.54, 1.807) is 17.2 Å². The van der Waals surface area contributed by atoms with Gasteiger partial charge < -0.3 is 0 Å². The minimum absolute atomic E-state index is 0.271. The monoisotopic (exact) mass is 516 g/mol. The van der Waals surface area contributed by atoms with Crippen LogP contribution in [0.15, 0.2) is 77.3 Å². The zero-order chi connectivity index (χ0) is 21.7. The second-order valence-corrected chi connectivity index (χ2v) is 9.05. The summed E-state index contributed by atoms with van der Waals surface area (Å²) in [5.74, 6) is -1.47. The lowest BCUT2D eigenvalue weighted by atomic mass is 9.90. The Morgan fingerprint density at radius 3 is 2.29 bits per heavy atom. The fourth-order valence-electron chi connectivity index (χ4n) is 4.12. The Labute approximate surface area is 197 Å². The van der Waals surface area contributed by atoms with Crippen LogP contribution in [0.1, 0.15) is 11.6 Å². The molecule has 2 aliphatic rings. The lowest BCUT2D eigenvalue weighted by Gasteiger charge is -2.29. The number of amides is 2. The Morgan fingerprint density at radius 2 is 1.58 bits per heavy atom. The number of nitrogens with zero attached hydrogens (tertiary/aromatic N) is 2. The number of hydroxylamine groups is 1. The highest BCUT2D eigenvalue weighted by atomic mass is 79.9. The van der Waals surface area contributed by atoms with Crippen LogP contribution in [0.2, 0.25) is 10.0 Å². The van der Waals surface area contributed by atoms with Gasteiger partial charge in [0, 0.05) is 4.47 Å². The predicted molar refractivity (Wildman–Crippen MR) is 123 cm³/mol. The van der Waals surface area contributed by atoms with Gasteiger partial charge in [0.25, 0.3) is 5.91 Å². The number of anilines is 2. The number of fused-ring (bicyclic) bond motifs is 1. The highest BCUT2D eigenvalue weighted by Crippen LogP contribution is 2.48. The normalized spacial score (nSPS) is 22.9. The molecule has 31 heavy (non-hydrogen) atoms.